The highest BCUT2D eigenvalue weighted by atomic mass is 32.2. The third-order valence-electron chi connectivity index (χ3n) is 4.27. The van der Waals surface area contributed by atoms with E-state index in [0.29, 0.717) is 24.4 Å². The third-order valence-corrected chi connectivity index (χ3v) is 5.51. The summed E-state index contributed by atoms with van der Waals surface area (Å²) < 4.78 is 36.0. The maximum Gasteiger partial charge on any atom is 0.243 e. The van der Waals surface area contributed by atoms with Crippen LogP contribution in [0.5, 0.6) is 11.5 Å². The van der Waals surface area contributed by atoms with Gasteiger partial charge in [-0.15, -0.1) is 0 Å². The lowest BCUT2D eigenvalue weighted by Crippen LogP contribution is -2.48. The minimum atomic E-state index is -3.67. The molecule has 0 aliphatic rings. The Kier molecular flexibility index (Phi) is 7.28. The predicted octanol–water partition coefficient (Wildman–Crippen LogP) is 2.22. The van der Waals surface area contributed by atoms with Gasteiger partial charge in [-0.2, -0.15) is 0 Å². The second-order valence-electron chi connectivity index (χ2n) is 6.33. The fourth-order valence-electron chi connectivity index (χ4n) is 2.83. The third kappa shape index (κ3) is 5.63. The van der Waals surface area contributed by atoms with Crippen molar-refractivity contribution < 1.29 is 22.7 Å². The summed E-state index contributed by atoms with van der Waals surface area (Å²) in [7, 11) is -0.566. The molecule has 0 aliphatic carbocycles. The number of nitrogens with zero attached hydrogens (tertiary/aromatic N) is 1. The molecule has 2 aromatic rings. The van der Waals surface area contributed by atoms with Gasteiger partial charge in [0.25, 0.3) is 0 Å². The molecule has 0 radical (unpaired) electrons. The first kappa shape index (κ1) is 21.6. The molecule has 28 heavy (non-hydrogen) atoms. The monoisotopic (exact) mass is 406 g/mol. The van der Waals surface area contributed by atoms with Gasteiger partial charge in [0.05, 0.1) is 26.2 Å². The summed E-state index contributed by atoms with van der Waals surface area (Å²) in [5.41, 5.74) is 1.42. The van der Waals surface area contributed by atoms with Crippen LogP contribution >= 0.6 is 0 Å². The number of amides is 1. The summed E-state index contributed by atoms with van der Waals surface area (Å²) in [4.78, 5) is 12.6. The van der Waals surface area contributed by atoms with E-state index in [-0.39, 0.29) is 5.91 Å². The molecule has 1 N–H and O–H groups in total. The normalized spacial score (nSPS) is 12.1. The summed E-state index contributed by atoms with van der Waals surface area (Å²) in [6.45, 7) is 1.95. The number of hydrogen-bond acceptors (Lipinski definition) is 5. The molecular weight excluding hydrogens is 380 g/mol. The summed E-state index contributed by atoms with van der Waals surface area (Å²) in [5, 5.41) is 2.80. The first-order valence-corrected chi connectivity index (χ1v) is 10.6. The van der Waals surface area contributed by atoms with Crippen LogP contribution in [-0.2, 0) is 21.2 Å². The summed E-state index contributed by atoms with van der Waals surface area (Å²) in [6.07, 6.45) is 1.70. The molecule has 0 saturated heterocycles. The van der Waals surface area contributed by atoms with E-state index in [2.05, 4.69) is 5.32 Å². The Bertz CT molecular complexity index is 897. The predicted molar refractivity (Wildman–Crippen MR) is 109 cm³/mol. The first-order chi connectivity index (χ1) is 13.3. The van der Waals surface area contributed by atoms with Gasteiger partial charge in [0, 0.05) is 12.6 Å². The zero-order valence-electron chi connectivity index (χ0n) is 16.5. The van der Waals surface area contributed by atoms with E-state index in [1.807, 2.05) is 24.3 Å². The van der Waals surface area contributed by atoms with Gasteiger partial charge < -0.3 is 14.8 Å². The quantitative estimate of drug-likeness (QED) is 0.690. The number of carbonyl (C=O) groups excluding carboxylic acids is 1. The van der Waals surface area contributed by atoms with Crippen molar-refractivity contribution in [2.75, 3.05) is 31.3 Å². The molecule has 7 nitrogen and oxygen atoms in total. The first-order valence-electron chi connectivity index (χ1n) is 8.80. The van der Waals surface area contributed by atoms with Gasteiger partial charge in [0.1, 0.15) is 17.5 Å². The van der Waals surface area contributed by atoms with E-state index in [1.54, 1.807) is 38.3 Å². The van der Waals surface area contributed by atoms with Crippen LogP contribution in [0.15, 0.2) is 48.5 Å². The maximum absolute atomic E-state index is 12.6. The van der Waals surface area contributed by atoms with Gasteiger partial charge in [-0.25, -0.2) is 8.42 Å². The van der Waals surface area contributed by atoms with Crippen LogP contribution in [0.25, 0.3) is 0 Å². The highest BCUT2D eigenvalue weighted by molar-refractivity contribution is 7.92. The van der Waals surface area contributed by atoms with Crippen LogP contribution in [-0.4, -0.2) is 47.4 Å². The largest absolute Gasteiger partial charge is 0.497 e. The Labute approximate surface area is 166 Å². The van der Waals surface area contributed by atoms with Crippen molar-refractivity contribution in [2.45, 2.75) is 19.4 Å². The molecule has 0 bridgehead atoms. The Balaban J connectivity index is 2.06. The molecule has 2 rings (SSSR count). The van der Waals surface area contributed by atoms with Crippen LogP contribution in [0.2, 0.25) is 0 Å². The summed E-state index contributed by atoms with van der Waals surface area (Å²) in [6, 6.07) is 13.3. The fraction of sp³-hybridized carbons (Fsp3) is 0.350. The van der Waals surface area contributed by atoms with Crippen molar-refractivity contribution >= 4 is 21.6 Å². The van der Waals surface area contributed by atoms with Crippen molar-refractivity contribution in [3.05, 3.63) is 54.1 Å². The van der Waals surface area contributed by atoms with Gasteiger partial charge >= 0.3 is 0 Å². The van der Waals surface area contributed by atoms with E-state index < -0.39 is 16.1 Å². The van der Waals surface area contributed by atoms with Crippen molar-refractivity contribution in [1.82, 2.24) is 5.32 Å². The molecule has 1 atom stereocenters. The van der Waals surface area contributed by atoms with Crippen molar-refractivity contribution in [3.8, 4) is 11.5 Å². The van der Waals surface area contributed by atoms with Crippen LogP contribution in [0.4, 0.5) is 5.69 Å². The second kappa shape index (κ2) is 9.45. The van der Waals surface area contributed by atoms with E-state index >= 15 is 0 Å². The Hall–Kier alpha value is -2.74. The zero-order valence-corrected chi connectivity index (χ0v) is 17.3. The number of anilines is 1. The molecule has 0 unspecified atom stereocenters. The van der Waals surface area contributed by atoms with E-state index in [1.165, 1.54) is 7.11 Å². The average Bonchev–Trinajstić information content (AvgIpc) is 2.67. The molecule has 1 amide bonds. The zero-order chi connectivity index (χ0) is 20.7. The van der Waals surface area contributed by atoms with Crippen molar-refractivity contribution in [1.29, 1.82) is 0 Å². The molecule has 0 spiro atoms. The number of ether oxygens (including phenoxy) is 2. The number of hydrogen-bond donors (Lipinski definition) is 1. The van der Waals surface area contributed by atoms with Gasteiger partial charge in [-0.3, -0.25) is 9.10 Å². The van der Waals surface area contributed by atoms with Gasteiger partial charge in [-0.05, 0) is 43.2 Å². The molecule has 0 aromatic heterocycles. The second-order valence-corrected chi connectivity index (χ2v) is 8.18. The number of carbonyl (C=O) groups is 1. The lowest BCUT2D eigenvalue weighted by molar-refractivity contribution is -0.121. The average molecular weight is 407 g/mol. The number of rotatable bonds is 9. The fourth-order valence-corrected chi connectivity index (χ4v) is 3.99. The van der Waals surface area contributed by atoms with Gasteiger partial charge in [0.15, 0.2) is 0 Å². The Morgan fingerprint density at radius 3 is 2.29 bits per heavy atom. The molecule has 0 aliphatic heterocycles. The minimum Gasteiger partial charge on any atom is -0.497 e. The van der Waals surface area contributed by atoms with Crippen LogP contribution in [0.1, 0.15) is 12.5 Å². The standard InChI is InChI=1S/C20H26N2O5S/c1-15(20(23)21-13-12-16-8-10-18(26-2)11-9-16)22(28(4,24)25)17-6-5-7-19(14-17)27-3/h5-11,14-15H,12-13H2,1-4H3,(H,21,23)/t15-/m0/s1. The minimum absolute atomic E-state index is 0.373. The van der Waals surface area contributed by atoms with E-state index in [4.69, 9.17) is 9.47 Å². The number of benzene rings is 2. The number of sulfonamides is 1. The summed E-state index contributed by atoms with van der Waals surface area (Å²) in [5.74, 6) is 0.906. The van der Waals surface area contributed by atoms with Crippen LogP contribution in [0, 0.1) is 0 Å². The summed E-state index contributed by atoms with van der Waals surface area (Å²) >= 11 is 0. The lowest BCUT2D eigenvalue weighted by atomic mass is 10.1. The van der Waals surface area contributed by atoms with E-state index in [9.17, 15) is 13.2 Å². The highest BCUT2D eigenvalue weighted by Crippen LogP contribution is 2.25. The Morgan fingerprint density at radius 2 is 1.71 bits per heavy atom. The molecule has 0 heterocycles. The number of methoxy groups -OCH3 is 2. The van der Waals surface area contributed by atoms with Gasteiger partial charge in [-0.1, -0.05) is 18.2 Å². The van der Waals surface area contributed by atoms with Gasteiger partial charge in [0.2, 0.25) is 15.9 Å². The molecule has 152 valence electrons. The number of nitrogens with one attached hydrogen (secondary N) is 1. The molecule has 2 aromatic carbocycles. The van der Waals surface area contributed by atoms with Crippen molar-refractivity contribution in [2.24, 2.45) is 0 Å². The SMILES string of the molecule is COc1ccc(CCNC(=O)[C@H](C)N(c2cccc(OC)c2)S(C)(=O)=O)cc1. The van der Waals surface area contributed by atoms with Crippen LogP contribution < -0.4 is 19.1 Å². The molecule has 0 saturated carbocycles. The highest BCUT2D eigenvalue weighted by Gasteiger charge is 2.29. The molecule has 8 heteroatoms. The lowest BCUT2D eigenvalue weighted by Gasteiger charge is -2.28. The molecule has 0 fully saturated rings. The topological polar surface area (TPSA) is 84.9 Å². The smallest absolute Gasteiger partial charge is 0.243 e. The maximum atomic E-state index is 12.6. The van der Waals surface area contributed by atoms with E-state index in [0.717, 1.165) is 21.9 Å². The molecular formula is C20H26N2O5S. The van der Waals surface area contributed by atoms with Crippen molar-refractivity contribution in [3.63, 3.8) is 0 Å². The van der Waals surface area contributed by atoms with Crippen LogP contribution in [0.3, 0.4) is 0 Å². The Morgan fingerprint density at radius 1 is 1.07 bits per heavy atom.